The van der Waals surface area contributed by atoms with Crippen molar-refractivity contribution in [3.8, 4) is 5.69 Å². The van der Waals surface area contributed by atoms with Gasteiger partial charge in [-0.1, -0.05) is 26.0 Å². The molecule has 0 unspecified atom stereocenters. The summed E-state index contributed by atoms with van der Waals surface area (Å²) in [5.41, 5.74) is 2.50. The molecule has 28 heavy (non-hydrogen) atoms. The normalized spacial score (nSPS) is 12.0. The average Bonchev–Trinajstić information content (AvgIpc) is 2.61. The zero-order chi connectivity index (χ0) is 20.8. The lowest BCUT2D eigenvalue weighted by Gasteiger charge is -2.20. The van der Waals surface area contributed by atoms with E-state index in [0.29, 0.717) is 5.56 Å². The van der Waals surface area contributed by atoms with Gasteiger partial charge in [0, 0.05) is 11.6 Å². The zero-order valence-corrected chi connectivity index (χ0v) is 15.0. The van der Waals surface area contributed by atoms with Crippen LogP contribution in [0.4, 0.5) is 17.6 Å². The molecule has 0 bridgehead atoms. The third-order valence-corrected chi connectivity index (χ3v) is 4.49. The summed E-state index contributed by atoms with van der Waals surface area (Å²) in [5, 5.41) is -0.239. The molecule has 0 spiro atoms. The van der Waals surface area contributed by atoms with Gasteiger partial charge in [-0.3, -0.25) is 9.59 Å². The molecule has 3 rings (SSSR count). The molecule has 0 atom stereocenters. The van der Waals surface area contributed by atoms with Gasteiger partial charge in [0.05, 0.1) is 16.8 Å². The third-order valence-electron chi connectivity index (χ3n) is 4.49. The number of carbonyl (C=O) groups is 1. The predicted molar refractivity (Wildman–Crippen MR) is 97.1 cm³/mol. The van der Waals surface area contributed by atoms with Crippen molar-refractivity contribution in [2.45, 2.75) is 25.9 Å². The minimum Gasteiger partial charge on any atom is -0.365 e. The van der Waals surface area contributed by atoms with Gasteiger partial charge < -0.3 is 10.3 Å². The Morgan fingerprint density at radius 2 is 1.82 bits per heavy atom. The number of aromatic nitrogens is 1. The number of pyridine rings is 1. The molecule has 146 valence electrons. The van der Waals surface area contributed by atoms with Crippen molar-refractivity contribution in [1.29, 1.82) is 0 Å². The van der Waals surface area contributed by atoms with E-state index in [1.807, 2.05) is 0 Å². The van der Waals surface area contributed by atoms with E-state index in [-0.39, 0.29) is 16.8 Å². The first kappa shape index (κ1) is 19.6. The first-order chi connectivity index (χ1) is 13.0. The van der Waals surface area contributed by atoms with Crippen molar-refractivity contribution in [2.75, 3.05) is 0 Å². The largest absolute Gasteiger partial charge is 0.418 e. The van der Waals surface area contributed by atoms with Gasteiger partial charge in [-0.15, -0.1) is 0 Å². The van der Waals surface area contributed by atoms with Crippen LogP contribution < -0.4 is 11.2 Å². The topological polar surface area (TPSA) is 65.1 Å². The highest BCUT2D eigenvalue weighted by Crippen LogP contribution is 2.37. The first-order valence-electron chi connectivity index (χ1n) is 8.37. The van der Waals surface area contributed by atoms with Gasteiger partial charge in [-0.05, 0) is 35.7 Å². The molecule has 0 aliphatic carbocycles. The Morgan fingerprint density at radius 1 is 1.14 bits per heavy atom. The number of fused-ring (bicyclic) bond motifs is 1. The molecule has 0 radical (unpaired) electrons. The van der Waals surface area contributed by atoms with Crippen LogP contribution in [0, 0.1) is 5.82 Å². The number of primary amides is 1. The average molecular weight is 392 g/mol. The molecule has 0 aliphatic heterocycles. The van der Waals surface area contributed by atoms with Crippen LogP contribution in [0.15, 0.2) is 47.4 Å². The number of para-hydroxylation sites is 1. The molecule has 3 aromatic rings. The van der Waals surface area contributed by atoms with E-state index in [9.17, 15) is 27.2 Å². The Hall–Kier alpha value is -3.16. The summed E-state index contributed by atoms with van der Waals surface area (Å²) in [6.07, 6.45) is -3.89. The zero-order valence-electron chi connectivity index (χ0n) is 15.0. The predicted octanol–water partition coefficient (Wildman–Crippen LogP) is 4.37. The Balaban J connectivity index is 2.50. The van der Waals surface area contributed by atoms with E-state index < -0.39 is 40.1 Å². The second-order valence-electron chi connectivity index (χ2n) is 6.67. The molecule has 0 fully saturated rings. The summed E-state index contributed by atoms with van der Waals surface area (Å²) >= 11 is 0. The summed E-state index contributed by atoms with van der Waals surface area (Å²) in [6, 6.07) is 7.16. The lowest BCUT2D eigenvalue weighted by atomic mass is 9.99. The Kier molecular flexibility index (Phi) is 4.74. The summed E-state index contributed by atoms with van der Waals surface area (Å²) < 4.78 is 56.7. The van der Waals surface area contributed by atoms with Crippen molar-refractivity contribution in [3.05, 3.63) is 75.3 Å². The molecule has 2 N–H and O–H groups in total. The molecule has 0 aliphatic rings. The van der Waals surface area contributed by atoms with Gasteiger partial charge in [0.1, 0.15) is 11.4 Å². The standard InChI is InChI=1S/C20H16F4N2O2/c1-10(2)11-6-7-16(14(8-11)20(22,23)24)26-9-13(19(25)28)18(27)12-4-3-5-15(21)17(12)26/h3-10H,1-2H3,(H2,25,28). The molecule has 1 amide bonds. The van der Waals surface area contributed by atoms with Crippen LogP contribution in [0.5, 0.6) is 0 Å². The van der Waals surface area contributed by atoms with Gasteiger partial charge in [0.15, 0.2) is 0 Å². The fourth-order valence-corrected chi connectivity index (χ4v) is 3.06. The first-order valence-corrected chi connectivity index (χ1v) is 8.37. The highest BCUT2D eigenvalue weighted by molar-refractivity contribution is 5.96. The molecule has 0 saturated carbocycles. The van der Waals surface area contributed by atoms with Crippen molar-refractivity contribution in [3.63, 3.8) is 0 Å². The van der Waals surface area contributed by atoms with E-state index in [0.717, 1.165) is 22.9 Å². The van der Waals surface area contributed by atoms with Crippen LogP contribution in [-0.2, 0) is 6.18 Å². The minimum absolute atomic E-state index is 0.168. The van der Waals surface area contributed by atoms with E-state index in [2.05, 4.69) is 0 Å². The van der Waals surface area contributed by atoms with E-state index in [1.165, 1.54) is 24.3 Å². The molecule has 1 aromatic heterocycles. The Labute approximate surface area is 157 Å². The fraction of sp³-hybridized carbons (Fsp3) is 0.200. The minimum atomic E-state index is -4.74. The van der Waals surface area contributed by atoms with Crippen LogP contribution in [-0.4, -0.2) is 10.5 Å². The van der Waals surface area contributed by atoms with Gasteiger partial charge in [0.2, 0.25) is 5.43 Å². The second-order valence-corrected chi connectivity index (χ2v) is 6.67. The summed E-state index contributed by atoms with van der Waals surface area (Å²) in [6.45, 7) is 3.49. The van der Waals surface area contributed by atoms with Gasteiger partial charge in [-0.25, -0.2) is 4.39 Å². The van der Waals surface area contributed by atoms with Gasteiger partial charge >= 0.3 is 6.18 Å². The second kappa shape index (κ2) is 6.78. The van der Waals surface area contributed by atoms with Crippen LogP contribution in [0.25, 0.3) is 16.6 Å². The van der Waals surface area contributed by atoms with Crippen molar-refractivity contribution >= 4 is 16.8 Å². The molecule has 0 saturated heterocycles. The van der Waals surface area contributed by atoms with E-state index >= 15 is 0 Å². The summed E-state index contributed by atoms with van der Waals surface area (Å²) in [4.78, 5) is 24.1. The third kappa shape index (κ3) is 3.26. The number of alkyl halides is 3. The van der Waals surface area contributed by atoms with Crippen LogP contribution >= 0.6 is 0 Å². The SMILES string of the molecule is CC(C)c1ccc(-n2cc(C(N)=O)c(=O)c3cccc(F)c32)c(C(F)(F)F)c1. The maximum atomic E-state index is 14.5. The summed E-state index contributed by atoms with van der Waals surface area (Å²) in [5.74, 6) is -2.18. The van der Waals surface area contributed by atoms with Crippen molar-refractivity contribution in [1.82, 2.24) is 4.57 Å². The van der Waals surface area contributed by atoms with Crippen LogP contribution in [0.3, 0.4) is 0 Å². The van der Waals surface area contributed by atoms with Gasteiger partial charge in [0.25, 0.3) is 5.91 Å². The molecular weight excluding hydrogens is 376 g/mol. The van der Waals surface area contributed by atoms with Crippen molar-refractivity contribution < 1.29 is 22.4 Å². The van der Waals surface area contributed by atoms with Crippen molar-refractivity contribution in [2.24, 2.45) is 5.73 Å². The fourth-order valence-electron chi connectivity index (χ4n) is 3.06. The molecule has 2 aromatic carbocycles. The number of carbonyl (C=O) groups excluding carboxylic acids is 1. The number of hydrogen-bond donors (Lipinski definition) is 1. The number of hydrogen-bond acceptors (Lipinski definition) is 2. The lowest BCUT2D eigenvalue weighted by molar-refractivity contribution is -0.137. The molecule has 8 heteroatoms. The maximum absolute atomic E-state index is 14.5. The number of nitrogens with two attached hydrogens (primary N) is 1. The summed E-state index contributed by atoms with van der Waals surface area (Å²) in [7, 11) is 0. The van der Waals surface area contributed by atoms with E-state index in [4.69, 9.17) is 5.73 Å². The molecular formula is C20H16F4N2O2. The monoisotopic (exact) mass is 392 g/mol. The number of nitrogens with zero attached hydrogens (tertiary/aromatic N) is 1. The number of amides is 1. The highest BCUT2D eigenvalue weighted by Gasteiger charge is 2.35. The maximum Gasteiger partial charge on any atom is 0.418 e. The smallest absolute Gasteiger partial charge is 0.365 e. The van der Waals surface area contributed by atoms with Crippen LogP contribution in [0.2, 0.25) is 0 Å². The quantitative estimate of drug-likeness (QED) is 0.673. The molecule has 1 heterocycles. The Bertz CT molecular complexity index is 1150. The Morgan fingerprint density at radius 3 is 2.39 bits per heavy atom. The number of rotatable bonds is 3. The van der Waals surface area contributed by atoms with E-state index in [1.54, 1.807) is 13.8 Å². The highest BCUT2D eigenvalue weighted by atomic mass is 19.4. The lowest BCUT2D eigenvalue weighted by Crippen LogP contribution is -2.25. The van der Waals surface area contributed by atoms with Gasteiger partial charge in [-0.2, -0.15) is 13.2 Å². The number of benzene rings is 2. The number of halogens is 4. The molecule has 4 nitrogen and oxygen atoms in total. The van der Waals surface area contributed by atoms with Crippen LogP contribution in [0.1, 0.15) is 41.3 Å².